The van der Waals surface area contributed by atoms with Crippen LogP contribution in [0.25, 0.3) is 11.1 Å². The van der Waals surface area contributed by atoms with Crippen LogP contribution in [0, 0.1) is 5.92 Å². The van der Waals surface area contributed by atoms with E-state index in [0.717, 1.165) is 22.4 Å². The highest BCUT2D eigenvalue weighted by Crippen LogP contribution is 2.27. The Morgan fingerprint density at radius 2 is 1.67 bits per heavy atom. The number of hydrogen-bond acceptors (Lipinski definition) is 5. The van der Waals surface area contributed by atoms with Gasteiger partial charge in [0.1, 0.15) is 12.1 Å². The van der Waals surface area contributed by atoms with E-state index in [1.807, 2.05) is 48.5 Å². The maximum absolute atomic E-state index is 12.5. The molecule has 0 unspecified atom stereocenters. The molecule has 3 N–H and O–H groups in total. The lowest BCUT2D eigenvalue weighted by molar-refractivity contribution is -0.129. The summed E-state index contributed by atoms with van der Waals surface area (Å²) in [4.78, 5) is 38.3. The average Bonchev–Trinajstić information content (AvgIpc) is 2.82. The molecule has 0 aliphatic heterocycles. The molecule has 0 radical (unpaired) electrons. The molecule has 8 nitrogen and oxygen atoms in total. The molecule has 2 aromatic carbocycles. The number of nitrogens with zero attached hydrogens (tertiary/aromatic N) is 1. The number of rotatable bonds is 7. The summed E-state index contributed by atoms with van der Waals surface area (Å²) in [6, 6.07) is 15.6. The Morgan fingerprint density at radius 3 is 2.31 bits per heavy atom. The Labute approximate surface area is 213 Å². The molecule has 1 aliphatic rings. The van der Waals surface area contributed by atoms with E-state index in [2.05, 4.69) is 10.6 Å². The molecule has 0 saturated heterocycles. The van der Waals surface area contributed by atoms with Crippen LogP contribution < -0.4 is 10.6 Å². The summed E-state index contributed by atoms with van der Waals surface area (Å²) in [5, 5.41) is 15.1. The predicted octanol–water partition coefficient (Wildman–Crippen LogP) is 4.33. The molecule has 3 amide bonds. The van der Waals surface area contributed by atoms with Crippen LogP contribution in [0.1, 0.15) is 52.0 Å². The minimum Gasteiger partial charge on any atom is -0.444 e. The summed E-state index contributed by atoms with van der Waals surface area (Å²) in [6.07, 6.45) is 1.87. The Bertz CT molecular complexity index is 1050. The van der Waals surface area contributed by atoms with Crippen molar-refractivity contribution in [3.63, 3.8) is 0 Å². The van der Waals surface area contributed by atoms with Crippen LogP contribution >= 0.6 is 0 Å². The largest absolute Gasteiger partial charge is 0.444 e. The summed E-state index contributed by atoms with van der Waals surface area (Å²) in [5.74, 6) is -0.270. The molecule has 194 valence electrons. The number of aliphatic hydroxyl groups is 1. The lowest BCUT2D eigenvalue weighted by atomic mass is 9.87. The molecule has 0 bridgehead atoms. The van der Waals surface area contributed by atoms with E-state index >= 15 is 0 Å². The van der Waals surface area contributed by atoms with Gasteiger partial charge in [0, 0.05) is 25.2 Å². The molecular formula is C28H37N3O5. The number of nitrogens with one attached hydrogen (secondary N) is 2. The minimum atomic E-state index is -0.622. The molecule has 0 heterocycles. The van der Waals surface area contributed by atoms with Gasteiger partial charge in [-0.2, -0.15) is 0 Å². The molecule has 1 fully saturated rings. The lowest BCUT2D eigenvalue weighted by Gasteiger charge is -2.24. The van der Waals surface area contributed by atoms with E-state index in [4.69, 9.17) is 4.74 Å². The second-order valence-corrected chi connectivity index (χ2v) is 10.4. The average molecular weight is 496 g/mol. The van der Waals surface area contributed by atoms with Gasteiger partial charge in [0.25, 0.3) is 0 Å². The standard InChI is InChI=1S/C28H37N3O5/c1-28(2,3)36-27(35)29-17-25(33)31(4)18-19-6-5-7-22(16-19)20-8-12-23(13-9-20)30-26(34)21-10-14-24(32)15-11-21/h5-9,12-13,16,21,24,32H,10-11,14-15,17-18H2,1-4H3,(H,29,35)(H,30,34). The van der Waals surface area contributed by atoms with Gasteiger partial charge < -0.3 is 25.4 Å². The van der Waals surface area contributed by atoms with E-state index in [1.165, 1.54) is 0 Å². The van der Waals surface area contributed by atoms with Crippen molar-refractivity contribution in [3.8, 4) is 11.1 Å². The smallest absolute Gasteiger partial charge is 0.408 e. The van der Waals surface area contributed by atoms with Crippen molar-refractivity contribution in [1.82, 2.24) is 10.2 Å². The van der Waals surface area contributed by atoms with Gasteiger partial charge in [0.05, 0.1) is 6.10 Å². The van der Waals surface area contributed by atoms with Gasteiger partial charge in [-0.1, -0.05) is 30.3 Å². The highest BCUT2D eigenvalue weighted by Gasteiger charge is 2.25. The van der Waals surface area contributed by atoms with Gasteiger partial charge >= 0.3 is 6.09 Å². The van der Waals surface area contributed by atoms with Crippen LogP contribution in [-0.4, -0.2) is 53.2 Å². The van der Waals surface area contributed by atoms with Crippen molar-refractivity contribution in [2.45, 2.75) is 64.7 Å². The molecule has 1 saturated carbocycles. The molecule has 36 heavy (non-hydrogen) atoms. The van der Waals surface area contributed by atoms with Gasteiger partial charge in [-0.05, 0) is 81.3 Å². The summed E-state index contributed by atoms with van der Waals surface area (Å²) >= 11 is 0. The minimum absolute atomic E-state index is 0.00510. The van der Waals surface area contributed by atoms with Crippen molar-refractivity contribution in [1.29, 1.82) is 0 Å². The van der Waals surface area contributed by atoms with Crippen molar-refractivity contribution in [2.75, 3.05) is 18.9 Å². The number of likely N-dealkylation sites (N-methyl/N-ethyl adjacent to an activating group) is 1. The van der Waals surface area contributed by atoms with E-state index in [0.29, 0.717) is 32.2 Å². The van der Waals surface area contributed by atoms with Gasteiger partial charge in [-0.25, -0.2) is 4.79 Å². The van der Waals surface area contributed by atoms with Crippen LogP contribution in [0.2, 0.25) is 0 Å². The van der Waals surface area contributed by atoms with Crippen LogP contribution in [0.5, 0.6) is 0 Å². The first-order valence-corrected chi connectivity index (χ1v) is 12.4. The highest BCUT2D eigenvalue weighted by atomic mass is 16.6. The fourth-order valence-electron chi connectivity index (χ4n) is 4.14. The van der Waals surface area contributed by atoms with Crippen LogP contribution in [0.4, 0.5) is 10.5 Å². The van der Waals surface area contributed by atoms with Crippen LogP contribution in [0.15, 0.2) is 48.5 Å². The monoisotopic (exact) mass is 495 g/mol. The molecule has 1 aliphatic carbocycles. The van der Waals surface area contributed by atoms with E-state index in [9.17, 15) is 19.5 Å². The number of anilines is 1. The highest BCUT2D eigenvalue weighted by molar-refractivity contribution is 5.92. The van der Waals surface area contributed by atoms with E-state index in [1.54, 1.807) is 32.7 Å². The third-order valence-corrected chi connectivity index (χ3v) is 6.11. The zero-order chi connectivity index (χ0) is 26.3. The second-order valence-electron chi connectivity index (χ2n) is 10.4. The maximum Gasteiger partial charge on any atom is 0.408 e. The van der Waals surface area contributed by atoms with Gasteiger partial charge in [-0.15, -0.1) is 0 Å². The quantitative estimate of drug-likeness (QED) is 0.530. The zero-order valence-corrected chi connectivity index (χ0v) is 21.5. The fourth-order valence-corrected chi connectivity index (χ4v) is 4.14. The molecule has 0 atom stereocenters. The molecule has 0 spiro atoms. The zero-order valence-electron chi connectivity index (χ0n) is 21.5. The molecule has 0 aromatic heterocycles. The third-order valence-electron chi connectivity index (χ3n) is 6.11. The normalized spacial score (nSPS) is 17.7. The van der Waals surface area contributed by atoms with Crippen molar-refractivity contribution in [2.24, 2.45) is 5.92 Å². The van der Waals surface area contributed by atoms with E-state index < -0.39 is 11.7 Å². The van der Waals surface area contributed by atoms with Gasteiger partial charge in [-0.3, -0.25) is 9.59 Å². The number of carbonyl (C=O) groups excluding carboxylic acids is 3. The maximum atomic E-state index is 12.5. The van der Waals surface area contributed by atoms with Crippen LogP contribution in [0.3, 0.4) is 0 Å². The fraction of sp³-hybridized carbons (Fsp3) is 0.464. The van der Waals surface area contributed by atoms with Crippen molar-refractivity contribution in [3.05, 3.63) is 54.1 Å². The van der Waals surface area contributed by atoms with E-state index in [-0.39, 0.29) is 30.4 Å². The number of hydrogen-bond donors (Lipinski definition) is 3. The topological polar surface area (TPSA) is 108 Å². The Hall–Kier alpha value is -3.39. The Balaban J connectivity index is 1.54. The first kappa shape index (κ1) is 27.2. The molecule has 3 rings (SSSR count). The van der Waals surface area contributed by atoms with Gasteiger partial charge in [0.2, 0.25) is 11.8 Å². The molecular weight excluding hydrogens is 458 g/mol. The number of amides is 3. The number of ether oxygens (including phenoxy) is 1. The van der Waals surface area contributed by atoms with Crippen molar-refractivity contribution >= 4 is 23.6 Å². The number of alkyl carbamates (subject to hydrolysis) is 1. The Morgan fingerprint density at radius 1 is 1.00 bits per heavy atom. The first-order valence-electron chi connectivity index (χ1n) is 12.4. The number of carbonyl (C=O) groups is 3. The predicted molar refractivity (Wildman–Crippen MR) is 139 cm³/mol. The SMILES string of the molecule is CN(Cc1cccc(-c2ccc(NC(=O)C3CCC(O)CC3)cc2)c1)C(=O)CNC(=O)OC(C)(C)C. The van der Waals surface area contributed by atoms with Gasteiger partial charge in [0.15, 0.2) is 0 Å². The summed E-state index contributed by atoms with van der Waals surface area (Å²) < 4.78 is 5.16. The first-order chi connectivity index (χ1) is 17.0. The second kappa shape index (κ2) is 12.0. The summed E-state index contributed by atoms with van der Waals surface area (Å²) in [7, 11) is 1.69. The molecule has 8 heteroatoms. The van der Waals surface area contributed by atoms with Crippen molar-refractivity contribution < 1.29 is 24.2 Å². The molecule has 2 aromatic rings. The van der Waals surface area contributed by atoms with Crippen LogP contribution in [-0.2, 0) is 20.9 Å². The Kier molecular flexibility index (Phi) is 9.09. The third kappa shape index (κ3) is 8.37. The lowest BCUT2D eigenvalue weighted by Crippen LogP contribution is -2.40. The summed E-state index contributed by atoms with van der Waals surface area (Å²) in [6.45, 7) is 5.55. The summed E-state index contributed by atoms with van der Waals surface area (Å²) in [5.41, 5.74) is 3.07. The number of benzene rings is 2. The number of aliphatic hydroxyl groups excluding tert-OH is 1.